The molecule has 2 heterocycles. The summed E-state index contributed by atoms with van der Waals surface area (Å²) in [4.78, 5) is 12.2. The van der Waals surface area contributed by atoms with Crippen molar-refractivity contribution in [3.8, 4) is 11.5 Å². The van der Waals surface area contributed by atoms with E-state index in [0.717, 1.165) is 11.3 Å². The fourth-order valence-electron chi connectivity index (χ4n) is 3.15. The van der Waals surface area contributed by atoms with Crippen LogP contribution >= 0.6 is 0 Å². The zero-order valence-electron chi connectivity index (χ0n) is 12.4. The fourth-order valence-corrected chi connectivity index (χ4v) is 3.15. The van der Waals surface area contributed by atoms with Gasteiger partial charge in [0, 0.05) is 24.0 Å². The van der Waals surface area contributed by atoms with Crippen molar-refractivity contribution in [2.24, 2.45) is 0 Å². The summed E-state index contributed by atoms with van der Waals surface area (Å²) in [5.41, 5.74) is 0.578. The normalized spacial score (nSPS) is 29.1. The molecule has 2 bridgehead atoms. The summed E-state index contributed by atoms with van der Waals surface area (Å²) in [6.45, 7) is 5.89. The molecule has 2 N–H and O–H groups in total. The molecule has 1 amide bonds. The first-order valence-corrected chi connectivity index (χ1v) is 7.11. The van der Waals surface area contributed by atoms with Crippen molar-refractivity contribution in [3.05, 3.63) is 35.1 Å². The largest absolute Gasteiger partial charge is 0.512 e. The molecular formula is C16H19NO4. The highest BCUT2D eigenvalue weighted by Crippen LogP contribution is 2.47. The van der Waals surface area contributed by atoms with Crippen molar-refractivity contribution in [2.75, 3.05) is 6.61 Å². The topological polar surface area (TPSA) is 67.8 Å². The SMILES string of the molecule is CCOc1ccc2c(c1)OC1(C)CC2/C(=C(/C)O)C(=O)N1. The average Bonchev–Trinajstić information content (AvgIpc) is 2.36. The number of carbonyl (C=O) groups excluding carboxylic acids is 1. The second kappa shape index (κ2) is 4.69. The van der Waals surface area contributed by atoms with Crippen molar-refractivity contribution < 1.29 is 19.4 Å². The molecule has 2 aliphatic heterocycles. The molecule has 2 unspecified atom stereocenters. The summed E-state index contributed by atoms with van der Waals surface area (Å²) in [6.07, 6.45) is 0.604. The lowest BCUT2D eigenvalue weighted by atomic mass is 9.78. The van der Waals surface area contributed by atoms with Crippen LogP contribution in [0.2, 0.25) is 0 Å². The van der Waals surface area contributed by atoms with Gasteiger partial charge in [0.2, 0.25) is 0 Å². The van der Waals surface area contributed by atoms with E-state index < -0.39 is 5.72 Å². The van der Waals surface area contributed by atoms with Gasteiger partial charge in [0.05, 0.1) is 17.9 Å². The van der Waals surface area contributed by atoms with Crippen molar-refractivity contribution in [2.45, 2.75) is 38.8 Å². The Labute approximate surface area is 123 Å². The maximum Gasteiger partial charge on any atom is 0.254 e. The van der Waals surface area contributed by atoms with Gasteiger partial charge in [-0.15, -0.1) is 0 Å². The standard InChI is InChI=1S/C16H19NO4/c1-4-20-10-5-6-11-12-8-16(3,21-13(11)7-10)17-15(19)14(12)9(2)18/h5-7,12,18H,4,8H2,1-3H3,(H,17,19)/b14-9+. The van der Waals surface area contributed by atoms with Gasteiger partial charge in [-0.1, -0.05) is 6.07 Å². The number of hydrogen-bond donors (Lipinski definition) is 2. The van der Waals surface area contributed by atoms with E-state index in [2.05, 4.69) is 5.32 Å². The second-order valence-electron chi connectivity index (χ2n) is 5.68. The molecule has 2 aliphatic rings. The number of benzene rings is 1. The van der Waals surface area contributed by atoms with E-state index in [0.29, 0.717) is 24.4 Å². The Kier molecular flexibility index (Phi) is 3.08. The number of aliphatic hydroxyl groups is 1. The minimum Gasteiger partial charge on any atom is -0.512 e. The molecule has 1 aromatic rings. The van der Waals surface area contributed by atoms with Gasteiger partial charge in [-0.2, -0.15) is 0 Å². The van der Waals surface area contributed by atoms with Crippen LogP contribution in [0.4, 0.5) is 0 Å². The Morgan fingerprint density at radius 2 is 2.33 bits per heavy atom. The number of amides is 1. The first-order valence-electron chi connectivity index (χ1n) is 7.11. The van der Waals surface area contributed by atoms with Crippen LogP contribution in [0.1, 0.15) is 38.7 Å². The number of hydrogen-bond acceptors (Lipinski definition) is 4. The van der Waals surface area contributed by atoms with Crippen LogP contribution in [0.5, 0.6) is 11.5 Å². The Hall–Kier alpha value is -2.17. The zero-order chi connectivity index (χ0) is 15.2. The molecule has 1 aromatic carbocycles. The van der Waals surface area contributed by atoms with Crippen molar-refractivity contribution in [1.29, 1.82) is 0 Å². The molecule has 0 radical (unpaired) electrons. The second-order valence-corrected chi connectivity index (χ2v) is 5.68. The molecule has 0 spiro atoms. The molecule has 0 saturated carbocycles. The fraction of sp³-hybridized carbons (Fsp3) is 0.438. The lowest BCUT2D eigenvalue weighted by molar-refractivity contribution is -0.127. The third-order valence-corrected chi connectivity index (χ3v) is 3.96. The molecule has 0 aromatic heterocycles. The first-order chi connectivity index (χ1) is 9.93. The molecule has 2 atom stereocenters. The number of piperidine rings is 1. The van der Waals surface area contributed by atoms with Crippen LogP contribution in [0.15, 0.2) is 29.5 Å². The number of rotatable bonds is 2. The van der Waals surface area contributed by atoms with Gasteiger partial charge < -0.3 is 19.9 Å². The minimum atomic E-state index is -0.751. The average molecular weight is 289 g/mol. The van der Waals surface area contributed by atoms with Crippen LogP contribution in [0.3, 0.4) is 0 Å². The smallest absolute Gasteiger partial charge is 0.254 e. The number of carbonyl (C=O) groups is 1. The van der Waals surface area contributed by atoms with Crippen molar-refractivity contribution in [3.63, 3.8) is 0 Å². The van der Waals surface area contributed by atoms with Gasteiger partial charge in [0.15, 0.2) is 5.72 Å². The predicted molar refractivity (Wildman–Crippen MR) is 77.5 cm³/mol. The summed E-state index contributed by atoms with van der Waals surface area (Å²) in [5.74, 6) is 1.05. The van der Waals surface area contributed by atoms with E-state index >= 15 is 0 Å². The number of ether oxygens (including phenoxy) is 2. The number of aliphatic hydroxyl groups excluding tert-OH is 1. The highest BCUT2D eigenvalue weighted by atomic mass is 16.5. The number of nitrogens with one attached hydrogen (secondary N) is 1. The van der Waals surface area contributed by atoms with Crippen molar-refractivity contribution >= 4 is 5.91 Å². The van der Waals surface area contributed by atoms with Crippen molar-refractivity contribution in [1.82, 2.24) is 5.32 Å². The highest BCUT2D eigenvalue weighted by molar-refractivity contribution is 5.97. The number of allylic oxidation sites excluding steroid dienone is 1. The molecular weight excluding hydrogens is 270 g/mol. The summed E-state index contributed by atoms with van der Waals surface area (Å²) < 4.78 is 11.5. The molecule has 5 heteroatoms. The van der Waals surface area contributed by atoms with E-state index in [9.17, 15) is 9.90 Å². The monoisotopic (exact) mass is 289 g/mol. The Bertz CT molecular complexity index is 633. The molecule has 0 aliphatic carbocycles. The van der Waals surface area contributed by atoms with E-state index in [1.807, 2.05) is 32.0 Å². The lowest BCUT2D eigenvalue weighted by Gasteiger charge is -2.45. The van der Waals surface area contributed by atoms with Gasteiger partial charge >= 0.3 is 0 Å². The summed E-state index contributed by atoms with van der Waals surface area (Å²) in [6, 6.07) is 5.61. The van der Waals surface area contributed by atoms with E-state index in [4.69, 9.17) is 9.47 Å². The lowest BCUT2D eigenvalue weighted by Crippen LogP contribution is -2.58. The maximum absolute atomic E-state index is 12.2. The molecule has 112 valence electrons. The van der Waals surface area contributed by atoms with Crippen LogP contribution in [-0.4, -0.2) is 23.3 Å². The maximum atomic E-state index is 12.2. The molecule has 21 heavy (non-hydrogen) atoms. The predicted octanol–water partition coefficient (Wildman–Crippen LogP) is 2.63. The van der Waals surface area contributed by atoms with E-state index in [1.54, 1.807) is 6.92 Å². The molecule has 1 saturated heterocycles. The van der Waals surface area contributed by atoms with E-state index in [1.165, 1.54) is 0 Å². The molecule has 5 nitrogen and oxygen atoms in total. The summed E-state index contributed by atoms with van der Waals surface area (Å²) in [7, 11) is 0. The molecule has 3 rings (SSSR count). The third-order valence-electron chi connectivity index (χ3n) is 3.96. The Morgan fingerprint density at radius 3 is 3.00 bits per heavy atom. The van der Waals surface area contributed by atoms with Crippen LogP contribution < -0.4 is 14.8 Å². The first kappa shape index (κ1) is 13.8. The Balaban J connectivity index is 2.11. The van der Waals surface area contributed by atoms with Crippen LogP contribution in [0.25, 0.3) is 0 Å². The zero-order valence-corrected chi connectivity index (χ0v) is 12.4. The van der Waals surface area contributed by atoms with Gasteiger partial charge in [0.1, 0.15) is 11.5 Å². The van der Waals surface area contributed by atoms with Gasteiger partial charge in [-0.3, -0.25) is 4.79 Å². The van der Waals surface area contributed by atoms with Gasteiger partial charge in [-0.05, 0) is 26.8 Å². The summed E-state index contributed by atoms with van der Waals surface area (Å²) >= 11 is 0. The van der Waals surface area contributed by atoms with Crippen LogP contribution in [-0.2, 0) is 4.79 Å². The quantitative estimate of drug-likeness (QED) is 0.649. The highest BCUT2D eigenvalue weighted by Gasteiger charge is 2.47. The summed E-state index contributed by atoms with van der Waals surface area (Å²) in [5, 5.41) is 12.7. The molecule has 1 fully saturated rings. The third kappa shape index (κ3) is 2.22. The van der Waals surface area contributed by atoms with Gasteiger partial charge in [0.25, 0.3) is 5.91 Å². The Morgan fingerprint density at radius 1 is 1.57 bits per heavy atom. The van der Waals surface area contributed by atoms with Crippen LogP contribution in [0, 0.1) is 0 Å². The van der Waals surface area contributed by atoms with E-state index in [-0.39, 0.29) is 17.6 Å². The number of fused-ring (bicyclic) bond motifs is 4. The minimum absolute atomic E-state index is 0.0567. The van der Waals surface area contributed by atoms with Gasteiger partial charge in [-0.25, -0.2) is 0 Å².